The number of nitrogens with zero attached hydrogens (tertiary/aromatic N) is 1. The Morgan fingerprint density at radius 1 is 1.13 bits per heavy atom. The van der Waals surface area contributed by atoms with Crippen molar-refractivity contribution in [1.29, 1.82) is 0 Å². The highest BCUT2D eigenvalue weighted by Gasteiger charge is 2.39. The van der Waals surface area contributed by atoms with Gasteiger partial charge in [-0.05, 0) is 51.0 Å². The second kappa shape index (κ2) is 13.2. The summed E-state index contributed by atoms with van der Waals surface area (Å²) in [6.07, 6.45) is 2.81. The van der Waals surface area contributed by atoms with Crippen LogP contribution < -0.4 is 22.1 Å². The van der Waals surface area contributed by atoms with E-state index < -0.39 is 54.5 Å². The van der Waals surface area contributed by atoms with Crippen LogP contribution in [0.3, 0.4) is 0 Å². The lowest BCUT2D eigenvalue weighted by atomic mass is 10.0. The first kappa shape index (κ1) is 26.8. The average Bonchev–Trinajstić information content (AvgIpc) is 3.20. The zero-order valence-corrected chi connectivity index (χ0v) is 18.4. The van der Waals surface area contributed by atoms with Crippen molar-refractivity contribution in [3.05, 3.63) is 0 Å². The Bertz CT molecular complexity index is 629. The first-order chi connectivity index (χ1) is 14.6. The second-order valence-corrected chi connectivity index (χ2v) is 8.35. The molecule has 11 nitrogen and oxygen atoms in total. The van der Waals surface area contributed by atoms with Crippen molar-refractivity contribution in [2.75, 3.05) is 19.7 Å². The lowest BCUT2D eigenvalue weighted by Crippen LogP contribution is -2.57. The molecule has 0 radical (unpaired) electrons. The molecule has 4 atom stereocenters. The highest BCUT2D eigenvalue weighted by Crippen LogP contribution is 2.21. The van der Waals surface area contributed by atoms with Gasteiger partial charge in [0.1, 0.15) is 24.2 Å². The standard InChI is InChI=1S/C20H37N5O6/c1-12(2)10-15(24-17(27)13(22)11-26)19(29)25-9-5-7-16(25)18(28)23-14(20(30)31)6-3-4-8-21/h12-16,26H,3-11,21-22H2,1-2H3,(H,23,28)(H,24,27)(H,30,31). The van der Waals surface area contributed by atoms with Crippen LogP contribution in [0.25, 0.3) is 0 Å². The molecule has 0 aromatic heterocycles. The Labute approximate surface area is 182 Å². The van der Waals surface area contributed by atoms with E-state index in [1.807, 2.05) is 13.8 Å². The number of likely N-dealkylation sites (tertiary alicyclic amines) is 1. The van der Waals surface area contributed by atoms with Crippen molar-refractivity contribution in [3.8, 4) is 0 Å². The summed E-state index contributed by atoms with van der Waals surface area (Å²) < 4.78 is 0. The van der Waals surface area contributed by atoms with E-state index in [2.05, 4.69) is 10.6 Å². The number of carboxylic acid groups (broad SMARTS) is 1. The van der Waals surface area contributed by atoms with Crippen molar-refractivity contribution in [1.82, 2.24) is 15.5 Å². The monoisotopic (exact) mass is 443 g/mol. The number of hydrogen-bond donors (Lipinski definition) is 6. The Hall–Kier alpha value is -2.24. The maximum Gasteiger partial charge on any atom is 0.326 e. The van der Waals surface area contributed by atoms with Gasteiger partial charge in [0.15, 0.2) is 0 Å². The van der Waals surface area contributed by atoms with Crippen molar-refractivity contribution >= 4 is 23.7 Å². The molecule has 4 unspecified atom stereocenters. The van der Waals surface area contributed by atoms with Gasteiger partial charge in [0.2, 0.25) is 17.7 Å². The van der Waals surface area contributed by atoms with Gasteiger partial charge < -0.3 is 37.2 Å². The number of aliphatic carboxylic acids is 1. The fourth-order valence-corrected chi connectivity index (χ4v) is 3.58. The molecule has 1 fully saturated rings. The maximum absolute atomic E-state index is 13.2. The van der Waals surface area contributed by atoms with Gasteiger partial charge >= 0.3 is 5.97 Å². The summed E-state index contributed by atoms with van der Waals surface area (Å²) in [6, 6.07) is -3.89. The smallest absolute Gasteiger partial charge is 0.326 e. The number of unbranched alkanes of at least 4 members (excludes halogenated alkanes) is 1. The maximum atomic E-state index is 13.2. The van der Waals surface area contributed by atoms with Crippen LogP contribution in [-0.4, -0.2) is 82.7 Å². The van der Waals surface area contributed by atoms with Crippen LogP contribution in [0.15, 0.2) is 0 Å². The van der Waals surface area contributed by atoms with E-state index in [1.165, 1.54) is 4.90 Å². The molecule has 1 aliphatic heterocycles. The van der Waals surface area contributed by atoms with Gasteiger partial charge in [0.05, 0.1) is 6.61 Å². The highest BCUT2D eigenvalue weighted by molar-refractivity contribution is 5.94. The first-order valence-electron chi connectivity index (χ1n) is 10.8. The average molecular weight is 444 g/mol. The van der Waals surface area contributed by atoms with Crippen LogP contribution in [0, 0.1) is 5.92 Å². The predicted octanol–water partition coefficient (Wildman–Crippen LogP) is -1.47. The third kappa shape index (κ3) is 8.42. The molecule has 0 aliphatic carbocycles. The SMILES string of the molecule is CC(C)CC(NC(=O)C(N)CO)C(=O)N1CCCC1C(=O)NC(CCCCN)C(=O)O. The molecule has 0 saturated carbocycles. The number of aliphatic hydroxyl groups is 1. The molecular weight excluding hydrogens is 406 g/mol. The largest absolute Gasteiger partial charge is 0.480 e. The van der Waals surface area contributed by atoms with E-state index in [4.69, 9.17) is 16.6 Å². The van der Waals surface area contributed by atoms with E-state index in [1.54, 1.807) is 0 Å². The number of carboxylic acids is 1. The lowest BCUT2D eigenvalue weighted by molar-refractivity contribution is -0.145. The van der Waals surface area contributed by atoms with Crippen LogP contribution in [0.1, 0.15) is 52.4 Å². The molecule has 3 amide bonds. The fourth-order valence-electron chi connectivity index (χ4n) is 3.58. The van der Waals surface area contributed by atoms with Crippen LogP contribution in [-0.2, 0) is 19.2 Å². The molecule has 178 valence electrons. The number of rotatable bonds is 13. The molecule has 0 spiro atoms. The Kier molecular flexibility index (Phi) is 11.4. The first-order valence-corrected chi connectivity index (χ1v) is 10.8. The van der Waals surface area contributed by atoms with E-state index in [9.17, 15) is 24.3 Å². The number of carbonyl (C=O) groups is 4. The zero-order chi connectivity index (χ0) is 23.6. The van der Waals surface area contributed by atoms with Gasteiger partial charge in [-0.1, -0.05) is 13.8 Å². The van der Waals surface area contributed by atoms with Gasteiger partial charge in [-0.2, -0.15) is 0 Å². The number of amides is 3. The fraction of sp³-hybridized carbons (Fsp3) is 0.800. The topological polar surface area (TPSA) is 188 Å². The minimum atomic E-state index is -1.15. The Balaban J connectivity index is 2.89. The normalized spacial score (nSPS) is 19.0. The quantitative estimate of drug-likeness (QED) is 0.186. The van der Waals surface area contributed by atoms with Gasteiger partial charge in [0.25, 0.3) is 0 Å². The number of aliphatic hydroxyl groups excluding tert-OH is 1. The minimum Gasteiger partial charge on any atom is -0.480 e. The molecule has 8 N–H and O–H groups in total. The van der Waals surface area contributed by atoms with Crippen molar-refractivity contribution in [2.24, 2.45) is 17.4 Å². The molecule has 0 aromatic rings. The molecular formula is C20H37N5O6. The van der Waals surface area contributed by atoms with Gasteiger partial charge in [-0.3, -0.25) is 14.4 Å². The molecule has 11 heteroatoms. The van der Waals surface area contributed by atoms with E-state index in [-0.39, 0.29) is 12.3 Å². The van der Waals surface area contributed by atoms with Crippen molar-refractivity contribution in [3.63, 3.8) is 0 Å². The summed E-state index contributed by atoms with van der Waals surface area (Å²) >= 11 is 0. The molecule has 31 heavy (non-hydrogen) atoms. The van der Waals surface area contributed by atoms with Gasteiger partial charge in [-0.15, -0.1) is 0 Å². The zero-order valence-electron chi connectivity index (χ0n) is 18.4. The van der Waals surface area contributed by atoms with Gasteiger partial charge in [-0.25, -0.2) is 4.79 Å². The van der Waals surface area contributed by atoms with Crippen LogP contribution in [0.2, 0.25) is 0 Å². The van der Waals surface area contributed by atoms with Crippen molar-refractivity contribution in [2.45, 2.75) is 76.5 Å². The van der Waals surface area contributed by atoms with E-state index >= 15 is 0 Å². The molecule has 0 aromatic carbocycles. The molecule has 1 rings (SSSR count). The summed E-state index contributed by atoms with van der Waals surface area (Å²) in [7, 11) is 0. The van der Waals surface area contributed by atoms with Crippen LogP contribution in [0.5, 0.6) is 0 Å². The van der Waals surface area contributed by atoms with Crippen LogP contribution >= 0.6 is 0 Å². The predicted molar refractivity (Wildman–Crippen MR) is 114 cm³/mol. The van der Waals surface area contributed by atoms with E-state index in [0.717, 1.165) is 0 Å². The van der Waals surface area contributed by atoms with Gasteiger partial charge in [0, 0.05) is 6.54 Å². The summed E-state index contributed by atoms with van der Waals surface area (Å²) in [6.45, 7) is 4.01. The third-order valence-electron chi connectivity index (χ3n) is 5.26. The number of carbonyl (C=O) groups excluding carboxylic acids is 3. The molecule has 1 saturated heterocycles. The lowest BCUT2D eigenvalue weighted by Gasteiger charge is -2.30. The Morgan fingerprint density at radius 2 is 1.81 bits per heavy atom. The number of nitrogens with two attached hydrogens (primary N) is 2. The molecule has 0 bridgehead atoms. The highest BCUT2D eigenvalue weighted by atomic mass is 16.4. The summed E-state index contributed by atoms with van der Waals surface area (Å²) in [5.74, 6) is -2.64. The number of hydrogen-bond acceptors (Lipinski definition) is 7. The molecule has 1 aliphatic rings. The van der Waals surface area contributed by atoms with Crippen LogP contribution in [0.4, 0.5) is 0 Å². The second-order valence-electron chi connectivity index (χ2n) is 8.35. The minimum absolute atomic E-state index is 0.0772. The Morgan fingerprint density at radius 3 is 2.35 bits per heavy atom. The summed E-state index contributed by atoms with van der Waals surface area (Å²) in [4.78, 5) is 51.0. The third-order valence-corrected chi connectivity index (χ3v) is 5.26. The van der Waals surface area contributed by atoms with Crippen molar-refractivity contribution < 1.29 is 29.4 Å². The summed E-state index contributed by atoms with van der Waals surface area (Å²) in [5.41, 5.74) is 11.0. The molecule has 1 heterocycles. The van der Waals surface area contributed by atoms with E-state index in [0.29, 0.717) is 45.2 Å². The summed E-state index contributed by atoms with van der Waals surface area (Å²) in [5, 5.41) is 23.6. The number of nitrogens with one attached hydrogen (secondary N) is 2.